The molecule has 0 fully saturated rings. The van der Waals surface area contributed by atoms with Crippen LogP contribution in [-0.4, -0.2) is 235 Å². The predicted molar refractivity (Wildman–Crippen MR) is 379 cm³/mol. The summed E-state index contributed by atoms with van der Waals surface area (Å²) in [4.78, 5) is 0. The molecule has 0 atom stereocenters. The third kappa shape index (κ3) is 7.30. The minimum Gasteiger partial charge on any atom is -0.457 e. The minimum absolute atomic E-state index is 0.0327. The highest BCUT2D eigenvalue weighted by Crippen LogP contribution is 2.45. The average molecular weight is 941 g/mol. The van der Waals surface area contributed by atoms with Crippen LogP contribution in [0.4, 0.5) is 0 Å². The highest BCUT2D eigenvalue weighted by Gasteiger charge is 2.33. The van der Waals surface area contributed by atoms with Gasteiger partial charge in [-0.3, -0.25) is 0 Å². The van der Waals surface area contributed by atoms with E-state index in [0.717, 1.165) is 0 Å². The normalized spacial score (nSPS) is 12.0. The first-order valence-electron chi connectivity index (χ1n) is 23.8. The summed E-state index contributed by atoms with van der Waals surface area (Å²) >= 11 is 0. The number of rotatable bonds is 3. The molecule has 81 heavy (non-hydrogen) atoms. The number of benzene rings is 10. The molecule has 0 bridgehead atoms. The zero-order valence-corrected chi connectivity index (χ0v) is 42.7. The van der Waals surface area contributed by atoms with Crippen LogP contribution in [0, 0.1) is 0 Å². The van der Waals surface area contributed by atoms with E-state index in [1.165, 1.54) is 0 Å². The summed E-state index contributed by atoms with van der Waals surface area (Å²) in [5.41, 5.74) is -6.18. The molecule has 11 rings (SSSR count). The first-order chi connectivity index (χ1) is 37.8. The van der Waals surface area contributed by atoms with Crippen LogP contribution in [0.2, 0.25) is 0 Å². The lowest BCUT2D eigenvalue weighted by atomic mass is 9.55. The van der Waals surface area contributed by atoms with Crippen molar-refractivity contribution in [1.82, 2.24) is 0 Å². The molecule has 0 aliphatic carbocycles. The first kappa shape index (κ1) is 58.0. The van der Waals surface area contributed by atoms with Crippen LogP contribution >= 0.6 is 0 Å². The van der Waals surface area contributed by atoms with Crippen LogP contribution in [0.25, 0.3) is 109 Å². The molecule has 31 heteroatoms. The molecule has 1 heterocycles. The Balaban J connectivity index is 1.48. The zero-order valence-electron chi connectivity index (χ0n) is 42.7. The fraction of sp³-hybridized carbons (Fsp3) is 0. The van der Waals surface area contributed by atoms with E-state index in [1.54, 1.807) is 0 Å². The van der Waals surface area contributed by atoms with Crippen LogP contribution in [0.3, 0.4) is 0 Å². The molecular weight excluding hydrogens is 941 g/mol. The average Bonchev–Trinajstić information content (AvgIpc) is 2.46. The number of fused-ring (bicyclic) bond motifs is 8. The van der Waals surface area contributed by atoms with E-state index < -0.39 is 0 Å². The zero-order chi connectivity index (χ0) is 59.6. The molecule has 1 nitrogen and oxygen atoms in total. The van der Waals surface area contributed by atoms with Gasteiger partial charge in [-0.2, -0.15) is 0 Å². The summed E-state index contributed by atoms with van der Waals surface area (Å²) in [7, 11) is 207. The number of hydrogen-bond acceptors (Lipinski definition) is 1. The highest BCUT2D eigenvalue weighted by molar-refractivity contribution is 6.78. The monoisotopic (exact) mass is 946 g/mol. The topological polar surface area (TPSA) is 13.1 Å². The van der Waals surface area contributed by atoms with Crippen LogP contribution in [-0.2, 0) is 0 Å². The minimum atomic E-state index is -0.311. The SMILES string of the molecule is [B]c1c([B])c(-c2c3c([B])c([B])c([B])c([B])c3c(-c3c([B])c([B])c(-c4c([B])c([B])c([B])c5c([B])c([B])c([B])c([B])c45)c4c([B])c([B])c([B])c([B])c34)c3c([B])c([B])c([B])c([B])c23)c2c(oc3c([B])c4c([B])c([B])c([B])c([B])c4c([B])c32)c1[B]. The molecular formula is C50B30O. The maximum Gasteiger partial charge on any atom is 0.128 e. The van der Waals surface area contributed by atoms with Crippen molar-refractivity contribution < 1.29 is 4.42 Å². The quantitative estimate of drug-likeness (QED) is 0.127. The van der Waals surface area contributed by atoms with Gasteiger partial charge >= 0.3 is 0 Å². The molecule has 0 N–H and O–H groups in total. The van der Waals surface area contributed by atoms with Crippen molar-refractivity contribution in [2.45, 2.75) is 0 Å². The summed E-state index contributed by atoms with van der Waals surface area (Å²) in [6, 6.07) is 0. The lowest BCUT2D eigenvalue weighted by Gasteiger charge is -2.33. The third-order valence-corrected chi connectivity index (χ3v) is 16.0. The second-order valence-corrected chi connectivity index (χ2v) is 19.9. The van der Waals surface area contributed by atoms with E-state index in [2.05, 4.69) is 0 Å². The maximum atomic E-state index is 7.48. The Hall–Kier alpha value is -4.75. The van der Waals surface area contributed by atoms with Gasteiger partial charge in [0.2, 0.25) is 0 Å². The summed E-state index contributed by atoms with van der Waals surface area (Å²) in [6.45, 7) is 0. The van der Waals surface area contributed by atoms with Gasteiger partial charge in [0.05, 0.1) is 0 Å². The highest BCUT2D eigenvalue weighted by atomic mass is 16.3. The second kappa shape index (κ2) is 19.4. The van der Waals surface area contributed by atoms with Crippen molar-refractivity contribution in [1.29, 1.82) is 0 Å². The number of hydrogen-bond donors (Lipinski definition) is 0. The Morgan fingerprint density at radius 3 is 0.593 bits per heavy atom. The maximum absolute atomic E-state index is 7.48. The van der Waals surface area contributed by atoms with E-state index in [1.807, 2.05) is 0 Å². The van der Waals surface area contributed by atoms with Crippen LogP contribution in [0.5, 0.6) is 0 Å². The fourth-order valence-electron chi connectivity index (χ4n) is 11.8. The summed E-state index contributed by atoms with van der Waals surface area (Å²) in [5.74, 6) is 0. The molecule has 296 valence electrons. The van der Waals surface area contributed by atoms with E-state index in [4.69, 9.17) is 240 Å². The molecule has 1 aromatic heterocycles. The van der Waals surface area contributed by atoms with E-state index in [-0.39, 0.29) is 273 Å². The molecule has 0 saturated heterocycles. The largest absolute Gasteiger partial charge is 0.457 e. The molecule has 10 aromatic carbocycles. The second-order valence-electron chi connectivity index (χ2n) is 19.9. The van der Waals surface area contributed by atoms with Crippen molar-refractivity contribution in [2.24, 2.45) is 0 Å². The Bertz CT molecular complexity index is 4840. The molecule has 0 aliphatic heterocycles. The molecule has 0 unspecified atom stereocenters. The van der Waals surface area contributed by atoms with Gasteiger partial charge in [0.15, 0.2) is 0 Å². The van der Waals surface area contributed by atoms with Gasteiger partial charge in [-0.1, -0.05) is 92.9 Å². The van der Waals surface area contributed by atoms with Crippen LogP contribution in [0.1, 0.15) is 0 Å². The molecule has 0 saturated carbocycles. The lowest BCUT2D eigenvalue weighted by Crippen LogP contribution is -2.53. The van der Waals surface area contributed by atoms with Crippen molar-refractivity contribution in [3.8, 4) is 33.4 Å². The van der Waals surface area contributed by atoms with Gasteiger partial charge in [0.25, 0.3) is 0 Å². The molecule has 11 aromatic rings. The van der Waals surface area contributed by atoms with E-state index in [0.29, 0.717) is 0 Å². The van der Waals surface area contributed by atoms with Crippen molar-refractivity contribution in [2.75, 3.05) is 0 Å². The van der Waals surface area contributed by atoms with Gasteiger partial charge in [-0.15, -0.1) is 65.6 Å². The Morgan fingerprint density at radius 2 is 0.284 bits per heavy atom. The molecule has 60 radical (unpaired) electrons. The standard InChI is InChI=1S/C50B30O/c51-19-16-17(34(66)46(78)45(77)33(16)65)35(67)50-18(19)14-8(26(58)47(79)48(80)49(14)81-50)2-5-3(22(54)37(69)39(71)24(5)56)1(4-6(2)25(57)40(72)38(70)23(4)55)7-9-11(29(61)42(74)41(73)28(9)60)10(21(53)20(7)52)12-13-15(31(63)36(68)27(12)59)32(64)44(76)43(75)30(13)62. The summed E-state index contributed by atoms with van der Waals surface area (Å²) < 4.78 is 6.56. The number of furan rings is 1. The van der Waals surface area contributed by atoms with Crippen molar-refractivity contribution in [3.05, 3.63) is 0 Å². The van der Waals surface area contributed by atoms with Crippen LogP contribution < -0.4 is 164 Å². The molecule has 0 amide bonds. The smallest absolute Gasteiger partial charge is 0.128 e. The first-order valence-corrected chi connectivity index (χ1v) is 23.8. The summed E-state index contributed by atoms with van der Waals surface area (Å²) in [5, 5.41) is -0.0628. The Kier molecular flexibility index (Phi) is 13.9. The van der Waals surface area contributed by atoms with E-state index >= 15 is 0 Å². The lowest BCUT2D eigenvalue weighted by molar-refractivity contribution is 0.675. The molecule has 0 aliphatic rings. The van der Waals surface area contributed by atoms with Gasteiger partial charge in [-0.05, 0) is 92.7 Å². The fourth-order valence-corrected chi connectivity index (χ4v) is 11.8. The predicted octanol–water partition coefficient (Wildman–Crippen LogP) is -21.8. The van der Waals surface area contributed by atoms with Crippen molar-refractivity contribution in [3.63, 3.8) is 0 Å². The molecule has 0 spiro atoms. The van der Waals surface area contributed by atoms with Crippen molar-refractivity contribution >= 4 is 475 Å². The third-order valence-electron chi connectivity index (χ3n) is 16.0. The van der Waals surface area contributed by atoms with Gasteiger partial charge < -0.3 is 4.42 Å². The van der Waals surface area contributed by atoms with Gasteiger partial charge in [0, 0.05) is 10.8 Å². The van der Waals surface area contributed by atoms with Gasteiger partial charge in [0.1, 0.15) is 247 Å². The summed E-state index contributed by atoms with van der Waals surface area (Å²) in [6.07, 6.45) is 0. The van der Waals surface area contributed by atoms with Gasteiger partial charge in [-0.25, -0.2) is 0 Å². The van der Waals surface area contributed by atoms with Crippen LogP contribution in [0.15, 0.2) is 4.42 Å². The Morgan fingerprint density at radius 1 is 0.111 bits per heavy atom. The van der Waals surface area contributed by atoms with E-state index in [9.17, 15) is 0 Å². The Labute approximate surface area is 509 Å².